The van der Waals surface area contributed by atoms with Crippen molar-refractivity contribution in [2.75, 3.05) is 0 Å². The summed E-state index contributed by atoms with van der Waals surface area (Å²) >= 11 is 2.86. The predicted octanol–water partition coefficient (Wildman–Crippen LogP) is 4.80. The van der Waals surface area contributed by atoms with E-state index in [1.54, 1.807) is 0 Å². The first-order valence-electron chi connectivity index (χ1n) is 6.08. The molecule has 132 valence electrons. The topological polar surface area (TPSA) is 55.5 Å². The Morgan fingerprint density at radius 3 is 2.17 bits per heavy atom. The molecule has 3 nitrogen and oxygen atoms in total. The zero-order chi connectivity index (χ0) is 17.4. The largest absolute Gasteiger partial charge is 0.573 e. The van der Waals surface area contributed by atoms with Gasteiger partial charge in [0.25, 0.3) is 0 Å². The van der Waals surface area contributed by atoms with Gasteiger partial charge in [0.1, 0.15) is 11.5 Å². The molecule has 1 atom stereocenters. The lowest BCUT2D eigenvalue weighted by molar-refractivity contribution is -0.274. The van der Waals surface area contributed by atoms with Crippen LogP contribution in [-0.4, -0.2) is 11.5 Å². The number of benzene rings is 2. The number of phenolic OH excluding ortho intramolecular Hbond substituents is 1. The molecule has 0 saturated heterocycles. The second-order valence-corrected chi connectivity index (χ2v) is 5.37. The van der Waals surface area contributed by atoms with Crippen LogP contribution in [0, 0.1) is 11.6 Å². The normalized spacial score (nSPS) is 12.5. The van der Waals surface area contributed by atoms with Gasteiger partial charge in [-0.05, 0) is 39.7 Å². The Labute approximate surface area is 147 Å². The van der Waals surface area contributed by atoms with E-state index in [1.165, 1.54) is 0 Å². The average Bonchev–Trinajstić information content (AvgIpc) is 2.44. The quantitative estimate of drug-likeness (QED) is 0.539. The third-order valence-corrected chi connectivity index (χ3v) is 3.57. The molecule has 0 unspecified atom stereocenters. The van der Waals surface area contributed by atoms with Gasteiger partial charge in [-0.25, -0.2) is 8.78 Å². The lowest BCUT2D eigenvalue weighted by Gasteiger charge is -2.17. The highest BCUT2D eigenvalue weighted by atomic mass is 79.9. The molecule has 0 spiro atoms. The summed E-state index contributed by atoms with van der Waals surface area (Å²) in [6, 6.07) is 3.72. The molecule has 3 N–H and O–H groups in total. The zero-order valence-corrected chi connectivity index (χ0v) is 14.0. The van der Waals surface area contributed by atoms with Crippen molar-refractivity contribution >= 4 is 28.3 Å². The first-order chi connectivity index (χ1) is 10.6. The Morgan fingerprint density at radius 1 is 1.12 bits per heavy atom. The van der Waals surface area contributed by atoms with Gasteiger partial charge in [0.2, 0.25) is 0 Å². The van der Waals surface area contributed by atoms with Crippen molar-refractivity contribution in [2.45, 2.75) is 12.4 Å². The van der Waals surface area contributed by atoms with Crippen molar-refractivity contribution in [3.05, 3.63) is 57.6 Å². The molecule has 0 aliphatic heterocycles. The van der Waals surface area contributed by atoms with E-state index < -0.39 is 41.1 Å². The van der Waals surface area contributed by atoms with Gasteiger partial charge in [-0.1, -0.05) is 12.1 Å². The lowest BCUT2D eigenvalue weighted by Crippen LogP contribution is -2.18. The Morgan fingerprint density at radius 2 is 1.67 bits per heavy atom. The summed E-state index contributed by atoms with van der Waals surface area (Å²) in [6.45, 7) is 0. The van der Waals surface area contributed by atoms with E-state index >= 15 is 0 Å². The van der Waals surface area contributed by atoms with Crippen LogP contribution in [-0.2, 0) is 0 Å². The third-order valence-electron chi connectivity index (χ3n) is 2.96. The maximum Gasteiger partial charge on any atom is 0.573 e. The van der Waals surface area contributed by atoms with Crippen LogP contribution in [0.5, 0.6) is 11.5 Å². The van der Waals surface area contributed by atoms with Gasteiger partial charge >= 0.3 is 6.36 Å². The maximum absolute atomic E-state index is 13.9. The molecule has 0 radical (unpaired) electrons. The standard InChI is InChI=1S/C14H9BrF5NO2.ClH/c15-8-5-9(16)11(17)10(13(8)22)12(21)6-1-3-7(4-2-6)23-14(18,19)20;/h1-5,12,22H,21H2;1H/t12-;/m0./s1. The molecular weight excluding hydrogens is 425 g/mol. The minimum absolute atomic E-state index is 0. The molecule has 24 heavy (non-hydrogen) atoms. The number of aromatic hydroxyl groups is 1. The number of ether oxygens (including phenoxy) is 1. The summed E-state index contributed by atoms with van der Waals surface area (Å²) in [6.07, 6.45) is -4.85. The Kier molecular flexibility index (Phi) is 6.43. The smallest absolute Gasteiger partial charge is 0.506 e. The molecule has 10 heteroatoms. The average molecular weight is 435 g/mol. The number of phenols is 1. The first kappa shape index (κ1) is 20.5. The number of hydrogen-bond acceptors (Lipinski definition) is 3. The number of halogens is 7. The molecule has 2 aromatic rings. The molecule has 0 amide bonds. The minimum Gasteiger partial charge on any atom is -0.506 e. The van der Waals surface area contributed by atoms with Crippen molar-refractivity contribution in [3.63, 3.8) is 0 Å². The monoisotopic (exact) mass is 433 g/mol. The van der Waals surface area contributed by atoms with Crippen LogP contribution in [0.15, 0.2) is 34.8 Å². The molecule has 0 aliphatic carbocycles. The fourth-order valence-electron chi connectivity index (χ4n) is 1.93. The lowest BCUT2D eigenvalue weighted by atomic mass is 9.98. The summed E-state index contributed by atoms with van der Waals surface area (Å²) in [5.74, 6) is -3.64. The van der Waals surface area contributed by atoms with Gasteiger partial charge in [-0.2, -0.15) is 0 Å². The van der Waals surface area contributed by atoms with Crippen LogP contribution < -0.4 is 10.5 Å². The second-order valence-electron chi connectivity index (χ2n) is 4.51. The highest BCUT2D eigenvalue weighted by Gasteiger charge is 2.31. The molecule has 0 aromatic heterocycles. The third kappa shape index (κ3) is 4.49. The van der Waals surface area contributed by atoms with Crippen molar-refractivity contribution in [1.82, 2.24) is 0 Å². The predicted molar refractivity (Wildman–Crippen MR) is 82.1 cm³/mol. The van der Waals surface area contributed by atoms with Crippen LogP contribution in [0.3, 0.4) is 0 Å². The fraction of sp³-hybridized carbons (Fsp3) is 0.143. The number of alkyl halides is 3. The molecular formula is C14H10BrClF5NO2. The van der Waals surface area contributed by atoms with Gasteiger partial charge < -0.3 is 15.6 Å². The Balaban J connectivity index is 0.00000288. The SMILES string of the molecule is Cl.N[C@@H](c1ccc(OC(F)(F)F)cc1)c1c(O)c(Br)cc(F)c1F. The molecule has 2 aromatic carbocycles. The van der Waals surface area contributed by atoms with Crippen molar-refractivity contribution in [1.29, 1.82) is 0 Å². The molecule has 0 aliphatic rings. The highest BCUT2D eigenvalue weighted by molar-refractivity contribution is 9.10. The van der Waals surface area contributed by atoms with Crippen molar-refractivity contribution < 1.29 is 31.8 Å². The van der Waals surface area contributed by atoms with E-state index in [9.17, 15) is 27.1 Å². The number of nitrogens with two attached hydrogens (primary N) is 1. The summed E-state index contributed by atoms with van der Waals surface area (Å²) in [7, 11) is 0. The van der Waals surface area contributed by atoms with Crippen LogP contribution in [0.2, 0.25) is 0 Å². The van der Waals surface area contributed by atoms with Crippen LogP contribution >= 0.6 is 28.3 Å². The van der Waals surface area contributed by atoms with E-state index in [1.807, 2.05) is 0 Å². The molecule has 0 fully saturated rings. The van der Waals surface area contributed by atoms with Crippen LogP contribution in [0.1, 0.15) is 17.2 Å². The zero-order valence-electron chi connectivity index (χ0n) is 11.6. The summed E-state index contributed by atoms with van der Waals surface area (Å²) in [5, 5.41) is 9.84. The molecule has 0 bridgehead atoms. The first-order valence-corrected chi connectivity index (χ1v) is 6.87. The van der Waals surface area contributed by atoms with Gasteiger partial charge in [0.15, 0.2) is 11.6 Å². The number of hydrogen-bond donors (Lipinski definition) is 2. The Hall–Kier alpha value is -1.58. The van der Waals surface area contributed by atoms with E-state index in [0.717, 1.165) is 30.3 Å². The summed E-state index contributed by atoms with van der Waals surface area (Å²) < 4.78 is 67.1. The van der Waals surface area contributed by atoms with E-state index in [-0.39, 0.29) is 22.4 Å². The van der Waals surface area contributed by atoms with E-state index in [0.29, 0.717) is 0 Å². The van der Waals surface area contributed by atoms with Crippen molar-refractivity contribution in [2.24, 2.45) is 5.73 Å². The molecule has 0 heterocycles. The second kappa shape index (κ2) is 7.54. The van der Waals surface area contributed by atoms with Gasteiger partial charge in [-0.15, -0.1) is 25.6 Å². The maximum atomic E-state index is 13.9. The van der Waals surface area contributed by atoms with E-state index in [4.69, 9.17) is 5.73 Å². The van der Waals surface area contributed by atoms with Crippen LogP contribution in [0.4, 0.5) is 22.0 Å². The van der Waals surface area contributed by atoms with Gasteiger partial charge in [0.05, 0.1) is 16.1 Å². The van der Waals surface area contributed by atoms with Gasteiger partial charge in [0, 0.05) is 0 Å². The summed E-state index contributed by atoms with van der Waals surface area (Å²) in [4.78, 5) is 0. The number of rotatable bonds is 3. The van der Waals surface area contributed by atoms with E-state index in [2.05, 4.69) is 20.7 Å². The van der Waals surface area contributed by atoms with Crippen LogP contribution in [0.25, 0.3) is 0 Å². The molecule has 2 rings (SSSR count). The Bertz CT molecular complexity index is 698. The molecule has 0 saturated carbocycles. The minimum atomic E-state index is -4.85. The summed E-state index contributed by atoms with van der Waals surface area (Å²) in [5.41, 5.74) is 5.43. The fourth-order valence-corrected chi connectivity index (χ4v) is 2.35. The van der Waals surface area contributed by atoms with Crippen molar-refractivity contribution in [3.8, 4) is 11.5 Å². The van der Waals surface area contributed by atoms with Gasteiger partial charge in [-0.3, -0.25) is 0 Å². The highest BCUT2D eigenvalue weighted by Crippen LogP contribution is 2.37.